The van der Waals surface area contributed by atoms with Gasteiger partial charge in [0.1, 0.15) is 23.6 Å². The number of benzene rings is 2. The number of hydrogen-bond acceptors (Lipinski definition) is 10. The van der Waals surface area contributed by atoms with Gasteiger partial charge >= 0.3 is 0 Å². The predicted octanol–water partition coefficient (Wildman–Crippen LogP) is 6.24. The fourth-order valence-corrected chi connectivity index (χ4v) is 7.09. The SMILES string of the molecule is COc1cc(N2CCC(N3CCCCC3)CC2)c([N+](=O)[O-])cc1Nc1ncc(Cl)c(Nc2ccccc2P(C)(C)=O)n1. The van der Waals surface area contributed by atoms with E-state index in [-0.39, 0.29) is 21.6 Å². The van der Waals surface area contributed by atoms with E-state index in [1.165, 1.54) is 38.6 Å². The number of halogens is 1. The van der Waals surface area contributed by atoms with E-state index in [1.54, 1.807) is 31.5 Å². The first-order chi connectivity index (χ1) is 20.1. The third-order valence-corrected chi connectivity index (χ3v) is 9.76. The number of methoxy groups -OCH3 is 1. The lowest BCUT2D eigenvalue weighted by atomic mass is 9.99. The number of likely N-dealkylation sites (tertiary alicyclic amines) is 1. The van der Waals surface area contributed by atoms with Crippen LogP contribution in [0.4, 0.5) is 34.5 Å². The zero-order chi connectivity index (χ0) is 29.9. The number of piperidine rings is 2. The van der Waals surface area contributed by atoms with Gasteiger partial charge in [-0.25, -0.2) is 4.98 Å². The topological polar surface area (TPSA) is 126 Å². The molecule has 2 aromatic carbocycles. The highest BCUT2D eigenvalue weighted by Gasteiger charge is 2.30. The summed E-state index contributed by atoms with van der Waals surface area (Å²) in [6, 6.07) is 11.0. The highest BCUT2D eigenvalue weighted by Crippen LogP contribution is 2.41. The van der Waals surface area contributed by atoms with Gasteiger partial charge in [0.05, 0.1) is 29.6 Å². The average molecular weight is 614 g/mol. The smallest absolute Gasteiger partial charge is 0.294 e. The van der Waals surface area contributed by atoms with Gasteiger partial charge in [-0.15, -0.1) is 0 Å². The average Bonchev–Trinajstić information content (AvgIpc) is 2.99. The van der Waals surface area contributed by atoms with Crippen molar-refractivity contribution in [1.29, 1.82) is 0 Å². The number of nitrogens with zero attached hydrogens (tertiary/aromatic N) is 5. The Morgan fingerprint density at radius 1 is 1.05 bits per heavy atom. The molecule has 1 aromatic heterocycles. The van der Waals surface area contributed by atoms with Crippen molar-refractivity contribution < 1.29 is 14.2 Å². The van der Waals surface area contributed by atoms with E-state index in [0.29, 0.717) is 40.0 Å². The summed E-state index contributed by atoms with van der Waals surface area (Å²) < 4.78 is 18.5. The largest absolute Gasteiger partial charge is 0.494 e. The van der Waals surface area contributed by atoms with E-state index in [0.717, 1.165) is 39.0 Å². The summed E-state index contributed by atoms with van der Waals surface area (Å²) in [5, 5.41) is 19.4. The van der Waals surface area contributed by atoms with Crippen LogP contribution in [-0.2, 0) is 4.57 Å². The Labute approximate surface area is 251 Å². The van der Waals surface area contributed by atoms with Crippen molar-refractivity contribution >= 4 is 58.6 Å². The number of nitrogens with one attached hydrogen (secondary N) is 2. The van der Waals surface area contributed by atoms with E-state index in [4.69, 9.17) is 16.3 Å². The van der Waals surface area contributed by atoms with Crippen molar-refractivity contribution in [2.75, 3.05) is 62.2 Å². The molecule has 0 amide bonds. The van der Waals surface area contributed by atoms with Gasteiger partial charge in [0, 0.05) is 36.6 Å². The van der Waals surface area contributed by atoms with Crippen LogP contribution in [0.2, 0.25) is 5.02 Å². The van der Waals surface area contributed by atoms with Gasteiger partial charge < -0.3 is 29.7 Å². The fraction of sp³-hybridized carbons (Fsp3) is 0.448. The molecule has 0 saturated carbocycles. The fourth-order valence-electron chi connectivity index (χ4n) is 5.79. The van der Waals surface area contributed by atoms with Gasteiger partial charge in [0.15, 0.2) is 5.82 Å². The molecule has 0 aliphatic carbocycles. The van der Waals surface area contributed by atoms with Gasteiger partial charge in [0.25, 0.3) is 5.69 Å². The van der Waals surface area contributed by atoms with E-state index < -0.39 is 7.14 Å². The minimum Gasteiger partial charge on any atom is -0.494 e. The summed E-state index contributed by atoms with van der Waals surface area (Å²) in [6.07, 6.45) is 7.18. The molecule has 0 spiro atoms. The Balaban J connectivity index is 1.38. The van der Waals surface area contributed by atoms with Crippen LogP contribution in [0.15, 0.2) is 42.6 Å². The molecule has 0 unspecified atom stereocenters. The number of ether oxygens (including phenoxy) is 1. The number of para-hydroxylation sites is 1. The maximum Gasteiger partial charge on any atom is 0.294 e. The van der Waals surface area contributed by atoms with E-state index in [9.17, 15) is 14.7 Å². The van der Waals surface area contributed by atoms with Crippen LogP contribution in [0.3, 0.4) is 0 Å². The lowest BCUT2D eigenvalue weighted by molar-refractivity contribution is -0.384. The third kappa shape index (κ3) is 6.80. The Morgan fingerprint density at radius 3 is 2.43 bits per heavy atom. The normalized spacial score (nSPS) is 16.7. The number of hydrogen-bond donors (Lipinski definition) is 2. The van der Waals surface area contributed by atoms with Crippen molar-refractivity contribution in [2.45, 2.75) is 38.1 Å². The van der Waals surface area contributed by atoms with Crippen molar-refractivity contribution in [3.8, 4) is 5.75 Å². The minimum atomic E-state index is -2.58. The standard InChI is InChI=1S/C29H37ClN7O4P/c1-41-26-18-24(36-15-11-20(12-16-36)35-13-7-4-8-14-35)25(37(38)39)17-23(26)33-29-31-19-21(30)28(34-29)32-22-9-5-6-10-27(22)42(2,3)40/h5-6,9-10,17-20H,4,7-8,11-16H2,1-3H3,(H2,31,32,33,34). The summed E-state index contributed by atoms with van der Waals surface area (Å²) >= 11 is 6.40. The second-order valence-corrected chi connectivity index (χ2v) is 14.7. The third-order valence-electron chi connectivity index (χ3n) is 7.93. The monoisotopic (exact) mass is 613 g/mol. The van der Waals surface area contributed by atoms with E-state index in [1.807, 2.05) is 12.1 Å². The van der Waals surface area contributed by atoms with Crippen molar-refractivity contribution in [3.63, 3.8) is 0 Å². The van der Waals surface area contributed by atoms with Crippen molar-refractivity contribution in [3.05, 3.63) is 57.7 Å². The first kappa shape index (κ1) is 30.1. The molecule has 0 bridgehead atoms. The van der Waals surface area contributed by atoms with Gasteiger partial charge in [-0.05, 0) is 64.2 Å². The lowest BCUT2D eigenvalue weighted by Gasteiger charge is -2.40. The number of nitro benzene ring substituents is 1. The van der Waals surface area contributed by atoms with Crippen LogP contribution in [0, 0.1) is 10.1 Å². The van der Waals surface area contributed by atoms with Gasteiger partial charge in [0.2, 0.25) is 5.95 Å². The molecular formula is C29H37ClN7O4P. The lowest BCUT2D eigenvalue weighted by Crippen LogP contribution is -2.46. The second kappa shape index (κ2) is 12.9. The molecule has 5 rings (SSSR count). The Morgan fingerprint density at radius 2 is 1.76 bits per heavy atom. The highest BCUT2D eigenvalue weighted by atomic mass is 35.5. The van der Waals surface area contributed by atoms with Gasteiger partial charge in [-0.3, -0.25) is 10.1 Å². The van der Waals surface area contributed by atoms with Crippen LogP contribution in [0.25, 0.3) is 0 Å². The van der Waals surface area contributed by atoms with Crippen LogP contribution < -0.4 is 25.6 Å². The van der Waals surface area contributed by atoms with Crippen LogP contribution >= 0.6 is 18.7 Å². The second-order valence-electron chi connectivity index (χ2n) is 11.1. The predicted molar refractivity (Wildman–Crippen MR) is 169 cm³/mol. The number of nitro groups is 1. The number of aromatic nitrogens is 2. The Kier molecular flexibility index (Phi) is 9.20. The summed E-state index contributed by atoms with van der Waals surface area (Å²) in [7, 11) is -1.05. The molecule has 2 fully saturated rings. The summed E-state index contributed by atoms with van der Waals surface area (Å²) in [5.41, 5.74) is 1.51. The molecule has 0 atom stereocenters. The maximum absolute atomic E-state index is 12.8. The summed E-state index contributed by atoms with van der Waals surface area (Å²) in [6.45, 7) is 7.18. The van der Waals surface area contributed by atoms with Crippen molar-refractivity contribution in [2.24, 2.45) is 0 Å². The van der Waals surface area contributed by atoms with Gasteiger partial charge in [-0.2, -0.15) is 4.98 Å². The number of anilines is 5. The molecule has 0 radical (unpaired) electrons. The molecule has 3 heterocycles. The molecule has 13 heteroatoms. The van der Waals surface area contributed by atoms with Crippen LogP contribution in [0.5, 0.6) is 5.75 Å². The van der Waals surface area contributed by atoms with Crippen LogP contribution in [-0.4, -0.2) is 72.5 Å². The molecule has 42 heavy (non-hydrogen) atoms. The number of rotatable bonds is 9. The minimum absolute atomic E-state index is 0.0161. The molecule has 3 aromatic rings. The zero-order valence-electron chi connectivity index (χ0n) is 24.2. The first-order valence-electron chi connectivity index (χ1n) is 14.2. The highest BCUT2D eigenvalue weighted by molar-refractivity contribution is 7.70. The summed E-state index contributed by atoms with van der Waals surface area (Å²) in [5.74, 6) is 0.903. The van der Waals surface area contributed by atoms with E-state index >= 15 is 0 Å². The maximum atomic E-state index is 12.8. The zero-order valence-corrected chi connectivity index (χ0v) is 25.8. The van der Waals surface area contributed by atoms with Crippen molar-refractivity contribution in [1.82, 2.24) is 14.9 Å². The molecule has 2 aliphatic rings. The Hall–Kier alpha value is -3.40. The molecule has 2 saturated heterocycles. The molecule has 2 aliphatic heterocycles. The molecule has 224 valence electrons. The van der Waals surface area contributed by atoms with E-state index in [2.05, 4.69) is 30.4 Å². The first-order valence-corrected chi connectivity index (χ1v) is 17.2. The van der Waals surface area contributed by atoms with Crippen LogP contribution in [0.1, 0.15) is 32.1 Å². The molecular weight excluding hydrogens is 577 g/mol. The molecule has 11 nitrogen and oxygen atoms in total. The summed E-state index contributed by atoms with van der Waals surface area (Å²) in [4.78, 5) is 25.3. The van der Waals surface area contributed by atoms with Gasteiger partial charge in [-0.1, -0.05) is 30.2 Å². The quantitative estimate of drug-likeness (QED) is 0.163. The molecule has 2 N–H and O–H groups in total. The Bertz CT molecular complexity index is 1490.